The predicted octanol–water partition coefficient (Wildman–Crippen LogP) is 12.4. The number of ketones is 1. The number of carbonyl (C=O) groups excluding carboxylic acids is 1. The summed E-state index contributed by atoms with van der Waals surface area (Å²) in [7, 11) is 0. The molecule has 0 amide bonds. The van der Waals surface area contributed by atoms with Gasteiger partial charge >= 0.3 is 198 Å². The van der Waals surface area contributed by atoms with Gasteiger partial charge in [0.25, 0.3) is 0 Å². The molecule has 6 heteroatoms. The molecular weight excluding hydrogens is 847 g/mol. The Kier molecular flexibility index (Phi) is 15.1. The van der Waals surface area contributed by atoms with Crippen molar-refractivity contribution < 1.29 is 30.0 Å². The standard InChI is InChI=1S/C29H30GeNS.C13H24O2.Ir/c1-6-19(7-2)25-18-21(17-20-11-8-9-12-22(20)25)27-29-24(15-16-31-27)23-13-10-14-26(28(23)32-29)30(3,4)5;1-5-10(6-2)12(14)9-13(15)11(7-3)8-4;/h8-16,18-19H,6-7H2,1-5H3;9-11,14H,5-8H2,1-4H3;/q-1;;/b;12-9-;. The van der Waals surface area contributed by atoms with Gasteiger partial charge in [-0.1, -0.05) is 27.7 Å². The minimum absolute atomic E-state index is 0. The van der Waals surface area contributed by atoms with Gasteiger partial charge in [-0.3, -0.25) is 4.79 Å². The van der Waals surface area contributed by atoms with E-state index in [4.69, 9.17) is 4.98 Å². The average molecular weight is 902 g/mol. The Morgan fingerprint density at radius 1 is 0.812 bits per heavy atom. The van der Waals surface area contributed by atoms with E-state index in [0.29, 0.717) is 5.92 Å². The molecule has 1 radical (unpaired) electrons. The Hall–Kier alpha value is -2.31. The van der Waals surface area contributed by atoms with Crippen LogP contribution in [0.5, 0.6) is 0 Å². The molecule has 5 aromatic rings. The molecule has 5 rings (SSSR count). The molecular formula is C42H54GeIrNO2S-. The maximum atomic E-state index is 11.7. The van der Waals surface area contributed by atoms with Crippen molar-refractivity contribution in [3.05, 3.63) is 84.3 Å². The molecule has 0 saturated carbocycles. The molecule has 0 aliphatic carbocycles. The maximum absolute atomic E-state index is 11.7. The first kappa shape index (κ1) is 40.1. The van der Waals surface area contributed by atoms with E-state index in [9.17, 15) is 9.90 Å². The van der Waals surface area contributed by atoms with Crippen LogP contribution in [0, 0.1) is 17.9 Å². The van der Waals surface area contributed by atoms with Crippen molar-refractivity contribution in [1.29, 1.82) is 0 Å². The number of hydrogen-bond acceptors (Lipinski definition) is 4. The number of aliphatic hydroxyl groups is 1. The molecule has 0 fully saturated rings. The number of allylic oxidation sites excluding steroid dienone is 2. The van der Waals surface area contributed by atoms with E-state index in [0.717, 1.165) is 49.8 Å². The zero-order chi connectivity index (χ0) is 34.3. The molecule has 1 N–H and O–H groups in total. The first-order valence-corrected chi connectivity index (χ1v) is 25.9. The van der Waals surface area contributed by atoms with Crippen molar-refractivity contribution in [2.45, 2.75) is 103 Å². The quantitative estimate of drug-likeness (QED) is 0.0587. The van der Waals surface area contributed by atoms with E-state index in [1.54, 1.807) is 4.40 Å². The summed E-state index contributed by atoms with van der Waals surface area (Å²) in [6, 6.07) is 23.9. The van der Waals surface area contributed by atoms with Crippen molar-refractivity contribution in [2.75, 3.05) is 0 Å². The second-order valence-corrected chi connectivity index (χ2v) is 25.4. The fourth-order valence-electron chi connectivity index (χ4n) is 6.74. The minimum Gasteiger partial charge on any atom is 0 e. The molecule has 48 heavy (non-hydrogen) atoms. The number of fused-ring (bicyclic) bond motifs is 4. The Bertz CT molecular complexity index is 1840. The molecule has 0 spiro atoms. The summed E-state index contributed by atoms with van der Waals surface area (Å²) < 4.78 is 4.35. The normalized spacial score (nSPS) is 12.2. The number of rotatable bonds is 12. The number of hydrogen-bond donors (Lipinski definition) is 1. The third-order valence-corrected chi connectivity index (χ3v) is 15.7. The van der Waals surface area contributed by atoms with Crippen LogP contribution in [0.4, 0.5) is 0 Å². The first-order valence-electron chi connectivity index (χ1n) is 17.7. The van der Waals surface area contributed by atoms with Crippen LogP contribution in [-0.4, -0.2) is 29.1 Å². The largest absolute Gasteiger partial charge is 0 e. The van der Waals surface area contributed by atoms with Crippen LogP contribution in [0.3, 0.4) is 0 Å². The van der Waals surface area contributed by atoms with Crippen molar-refractivity contribution >= 4 is 65.7 Å². The van der Waals surface area contributed by atoms with Gasteiger partial charge in [-0.25, -0.2) is 0 Å². The van der Waals surface area contributed by atoms with E-state index in [1.807, 2.05) is 45.2 Å². The summed E-state index contributed by atoms with van der Waals surface area (Å²) >= 11 is -0.0547. The van der Waals surface area contributed by atoms with E-state index in [2.05, 4.69) is 91.8 Å². The molecule has 0 atom stereocenters. The SMILES string of the molecule is CCC(CC)C(=O)/C=C(\O)C(CC)CC.CCC(CC)c1cc(-c2nccc3c2sc2[c]([Ge]([CH3])([CH3])[CH3])cccc23)[c-]c2ccccc12.[Ir]. The molecule has 3 nitrogen and oxygen atoms in total. The van der Waals surface area contributed by atoms with Gasteiger partial charge in [0.15, 0.2) is 5.78 Å². The summed E-state index contributed by atoms with van der Waals surface area (Å²) in [6.07, 6.45) is 9.18. The zero-order valence-electron chi connectivity index (χ0n) is 30.4. The smallest absolute Gasteiger partial charge is 0 e. The van der Waals surface area contributed by atoms with E-state index < -0.39 is 13.3 Å². The van der Waals surface area contributed by atoms with Crippen LogP contribution in [0.25, 0.3) is 42.2 Å². The molecule has 0 aliphatic heterocycles. The molecule has 0 bridgehead atoms. The number of benzene rings is 3. The Labute approximate surface area is 309 Å². The topological polar surface area (TPSA) is 50.2 Å². The number of aliphatic hydroxyl groups excluding tert-OH is 1. The Balaban J connectivity index is 0.000000334. The van der Waals surface area contributed by atoms with Gasteiger partial charge in [0.1, 0.15) is 0 Å². The van der Waals surface area contributed by atoms with Crippen molar-refractivity contribution in [3.8, 4) is 11.3 Å². The summed E-state index contributed by atoms with van der Waals surface area (Å²) in [4.78, 5) is 16.6. The van der Waals surface area contributed by atoms with Gasteiger partial charge in [-0.05, 0) is 25.7 Å². The number of nitrogens with zero attached hydrogens (tertiary/aromatic N) is 1. The number of aromatic nitrogens is 1. The molecule has 0 aliphatic rings. The average Bonchev–Trinajstić information content (AvgIpc) is 3.45. The van der Waals surface area contributed by atoms with Crippen LogP contribution in [0.15, 0.2) is 72.6 Å². The second kappa shape index (κ2) is 18.1. The fourth-order valence-corrected chi connectivity index (χ4v) is 12.8. The van der Waals surface area contributed by atoms with Crippen LogP contribution < -0.4 is 4.40 Å². The predicted molar refractivity (Wildman–Crippen MR) is 209 cm³/mol. The van der Waals surface area contributed by atoms with Gasteiger partial charge in [-0.2, -0.15) is 0 Å². The fraction of sp³-hybridized carbons (Fsp3) is 0.429. The molecule has 2 aromatic heterocycles. The molecule has 3 aromatic carbocycles. The van der Waals surface area contributed by atoms with Gasteiger partial charge in [-0.15, -0.1) is 0 Å². The zero-order valence-corrected chi connectivity index (χ0v) is 35.7. The van der Waals surface area contributed by atoms with E-state index in [-0.39, 0.29) is 43.5 Å². The number of carbonyl (C=O) groups is 1. The van der Waals surface area contributed by atoms with Crippen LogP contribution in [0.2, 0.25) is 17.3 Å². The van der Waals surface area contributed by atoms with Gasteiger partial charge < -0.3 is 5.11 Å². The van der Waals surface area contributed by atoms with Crippen molar-refractivity contribution in [2.24, 2.45) is 11.8 Å². The molecule has 259 valence electrons. The Morgan fingerprint density at radius 2 is 1.42 bits per heavy atom. The second-order valence-electron chi connectivity index (χ2n) is 13.8. The third-order valence-electron chi connectivity index (χ3n) is 9.79. The number of pyridine rings is 1. The maximum Gasteiger partial charge on any atom is 0 e. The number of thiophene rings is 1. The van der Waals surface area contributed by atoms with Crippen molar-refractivity contribution in [1.82, 2.24) is 4.98 Å². The van der Waals surface area contributed by atoms with Gasteiger partial charge in [0, 0.05) is 38.0 Å². The molecule has 0 saturated heterocycles. The van der Waals surface area contributed by atoms with Gasteiger partial charge in [0.05, 0.1) is 5.76 Å². The van der Waals surface area contributed by atoms with Crippen LogP contribution in [-0.2, 0) is 24.9 Å². The summed E-state index contributed by atoms with van der Waals surface area (Å²) in [6.45, 7) is 12.7. The van der Waals surface area contributed by atoms with Crippen LogP contribution >= 0.6 is 11.3 Å². The summed E-state index contributed by atoms with van der Waals surface area (Å²) in [5, 5.41) is 15.0. The van der Waals surface area contributed by atoms with Crippen molar-refractivity contribution in [3.63, 3.8) is 0 Å². The molecule has 2 heterocycles. The van der Waals surface area contributed by atoms with E-state index in [1.165, 1.54) is 42.6 Å². The molecule has 0 unspecified atom stereocenters. The van der Waals surface area contributed by atoms with E-state index >= 15 is 0 Å². The summed E-state index contributed by atoms with van der Waals surface area (Å²) in [5.41, 5.74) is 3.64. The van der Waals surface area contributed by atoms with Crippen LogP contribution in [0.1, 0.15) is 91.5 Å². The monoisotopic (exact) mass is 903 g/mol. The van der Waals surface area contributed by atoms with Gasteiger partial charge in [0.2, 0.25) is 0 Å². The first-order chi connectivity index (χ1) is 22.5. The Morgan fingerprint density at radius 3 is 2.02 bits per heavy atom. The third kappa shape index (κ3) is 8.88. The minimum atomic E-state index is -1.99. The summed E-state index contributed by atoms with van der Waals surface area (Å²) in [5.74, 6) is 8.55.